The number of carbonyl (C=O) groups is 1. The monoisotopic (exact) mass is 374 g/mol. The molecule has 0 heterocycles. The number of nitrogens with two attached hydrogens (primary N) is 1. The fraction of sp³-hybridized carbons (Fsp3) is 0.765. The summed E-state index contributed by atoms with van der Waals surface area (Å²) in [6, 6.07) is -0.403. The van der Waals surface area contributed by atoms with Crippen LogP contribution in [0.15, 0.2) is 16.5 Å². The molecule has 8 heteroatoms. The Labute approximate surface area is 152 Å². The molecule has 3 unspecified atom stereocenters. The number of hydrogen-bond donors (Lipinski definition) is 2. The number of hydrogen-bond acceptors (Lipinski definition) is 4. The first-order valence-corrected chi connectivity index (χ1v) is 10.2. The molecule has 0 fully saturated rings. The summed E-state index contributed by atoms with van der Waals surface area (Å²) in [5, 5.41) is 8.11. The molecule has 7 nitrogen and oxygen atoms in total. The first-order valence-electron chi connectivity index (χ1n) is 8.74. The number of amides is 1. The molecule has 0 bridgehead atoms. The van der Waals surface area contributed by atoms with Crippen LogP contribution in [0.5, 0.6) is 0 Å². The molecule has 146 valence electrons. The Bertz CT molecular complexity index is 581. The number of allylic oxidation sites excluding steroid dienone is 1. The lowest BCUT2D eigenvalue weighted by molar-refractivity contribution is -0.125. The van der Waals surface area contributed by atoms with Crippen LogP contribution in [-0.2, 0) is 15.0 Å². The zero-order chi connectivity index (χ0) is 19.8. The maximum atomic E-state index is 12.3. The van der Waals surface area contributed by atoms with Gasteiger partial charge in [0.15, 0.2) is 0 Å². The molecule has 0 aliphatic carbocycles. The van der Waals surface area contributed by atoms with Crippen molar-refractivity contribution in [2.75, 3.05) is 13.1 Å². The normalized spacial score (nSPS) is 17.1. The highest BCUT2D eigenvalue weighted by molar-refractivity contribution is 7.88. The fourth-order valence-electron chi connectivity index (χ4n) is 2.69. The van der Waals surface area contributed by atoms with E-state index in [9.17, 15) is 13.2 Å². The summed E-state index contributed by atoms with van der Waals surface area (Å²) in [5.41, 5.74) is 0.373. The molecule has 0 radical (unpaired) electrons. The fourth-order valence-corrected chi connectivity index (χ4v) is 3.26. The summed E-state index contributed by atoms with van der Waals surface area (Å²) in [6.07, 6.45) is 3.97. The summed E-state index contributed by atoms with van der Waals surface area (Å²) in [4.78, 5) is 14.6. The molecule has 3 atom stereocenters. The van der Waals surface area contributed by atoms with Crippen molar-refractivity contribution >= 4 is 21.8 Å². The van der Waals surface area contributed by atoms with E-state index in [0.717, 1.165) is 13.1 Å². The zero-order valence-electron chi connectivity index (χ0n) is 16.5. The topological polar surface area (TPSA) is 105 Å². The van der Waals surface area contributed by atoms with E-state index in [2.05, 4.69) is 28.5 Å². The van der Waals surface area contributed by atoms with E-state index < -0.39 is 10.2 Å². The maximum absolute atomic E-state index is 12.3. The second-order valence-corrected chi connectivity index (χ2v) is 7.68. The van der Waals surface area contributed by atoms with Crippen LogP contribution in [0, 0.1) is 11.8 Å². The van der Waals surface area contributed by atoms with Gasteiger partial charge in [0.2, 0.25) is 5.91 Å². The van der Waals surface area contributed by atoms with E-state index in [1.165, 1.54) is 0 Å². The third-order valence-corrected chi connectivity index (χ3v) is 4.84. The van der Waals surface area contributed by atoms with Gasteiger partial charge in [0.05, 0.1) is 6.04 Å². The number of rotatable bonds is 10. The molecular weight excluding hydrogens is 340 g/mol. The molecule has 0 aromatic carbocycles. The van der Waals surface area contributed by atoms with Crippen LogP contribution >= 0.6 is 0 Å². The van der Waals surface area contributed by atoms with Gasteiger partial charge in [-0.1, -0.05) is 46.8 Å². The van der Waals surface area contributed by atoms with Gasteiger partial charge in [-0.25, -0.2) is 5.14 Å². The molecule has 0 saturated carbocycles. The van der Waals surface area contributed by atoms with Crippen LogP contribution < -0.4 is 10.5 Å². The largest absolute Gasteiger partial charge is 0.351 e. The minimum atomic E-state index is -3.97. The second-order valence-electron chi connectivity index (χ2n) is 6.46. The van der Waals surface area contributed by atoms with Crippen molar-refractivity contribution in [2.24, 2.45) is 21.4 Å². The molecule has 1 amide bonds. The average molecular weight is 375 g/mol. The summed E-state index contributed by atoms with van der Waals surface area (Å²) >= 11 is 0. The molecule has 0 aromatic rings. The Morgan fingerprint density at radius 1 is 1.24 bits per heavy atom. The summed E-state index contributed by atoms with van der Waals surface area (Å²) in [6.45, 7) is 14.8. The van der Waals surface area contributed by atoms with Gasteiger partial charge >= 0.3 is 10.2 Å². The van der Waals surface area contributed by atoms with Crippen molar-refractivity contribution in [1.82, 2.24) is 10.2 Å². The van der Waals surface area contributed by atoms with Crippen molar-refractivity contribution in [2.45, 2.75) is 60.5 Å². The molecule has 0 aliphatic rings. The molecule has 0 aliphatic heterocycles. The van der Waals surface area contributed by atoms with Crippen LogP contribution in [-0.4, -0.2) is 50.1 Å². The van der Waals surface area contributed by atoms with E-state index in [1.54, 1.807) is 6.92 Å². The highest BCUT2D eigenvalue weighted by Gasteiger charge is 2.32. The van der Waals surface area contributed by atoms with E-state index >= 15 is 0 Å². The minimum Gasteiger partial charge on any atom is -0.351 e. The third kappa shape index (κ3) is 8.11. The highest BCUT2D eigenvalue weighted by Crippen LogP contribution is 2.18. The molecule has 0 rings (SSSR count). The Balaban J connectivity index is 5.96. The van der Waals surface area contributed by atoms with Crippen LogP contribution in [0.25, 0.3) is 0 Å². The lowest BCUT2D eigenvalue weighted by atomic mass is 9.89. The van der Waals surface area contributed by atoms with Crippen LogP contribution in [0.3, 0.4) is 0 Å². The number of carbonyl (C=O) groups excluding carboxylic acids is 1. The Kier molecular flexibility index (Phi) is 10.1. The molecular formula is C17H34N4O3S. The molecule has 3 N–H and O–H groups in total. The Morgan fingerprint density at radius 2 is 1.76 bits per heavy atom. The predicted octanol–water partition coefficient (Wildman–Crippen LogP) is 1.71. The van der Waals surface area contributed by atoms with E-state index in [-0.39, 0.29) is 29.8 Å². The van der Waals surface area contributed by atoms with Crippen molar-refractivity contribution in [3.63, 3.8) is 0 Å². The summed E-state index contributed by atoms with van der Waals surface area (Å²) in [5.74, 6) is -0.558. The van der Waals surface area contributed by atoms with Crippen molar-refractivity contribution in [3.05, 3.63) is 12.2 Å². The zero-order valence-corrected chi connectivity index (χ0v) is 17.3. The smallest absolute Gasteiger partial charge is 0.317 e. The van der Waals surface area contributed by atoms with Gasteiger partial charge in [-0.05, 0) is 26.9 Å². The van der Waals surface area contributed by atoms with Gasteiger partial charge in [0.25, 0.3) is 0 Å². The van der Waals surface area contributed by atoms with E-state index in [1.807, 2.05) is 39.8 Å². The summed E-state index contributed by atoms with van der Waals surface area (Å²) in [7, 11) is -3.97. The quantitative estimate of drug-likeness (QED) is 0.448. The van der Waals surface area contributed by atoms with Gasteiger partial charge in [-0.3, -0.25) is 9.69 Å². The molecule has 25 heavy (non-hydrogen) atoms. The van der Waals surface area contributed by atoms with E-state index in [4.69, 9.17) is 5.14 Å². The highest BCUT2D eigenvalue weighted by atomic mass is 32.2. The molecule has 0 spiro atoms. The first kappa shape index (κ1) is 23.8. The van der Waals surface area contributed by atoms with Crippen LogP contribution in [0.1, 0.15) is 48.5 Å². The third-order valence-electron chi connectivity index (χ3n) is 4.29. The van der Waals surface area contributed by atoms with Crippen molar-refractivity contribution in [1.29, 1.82) is 0 Å². The van der Waals surface area contributed by atoms with Gasteiger partial charge in [-0.15, -0.1) is 0 Å². The number of nitrogens with one attached hydrogen (secondary N) is 1. The summed E-state index contributed by atoms with van der Waals surface area (Å²) < 4.78 is 26.2. The van der Waals surface area contributed by atoms with Gasteiger partial charge in [0, 0.05) is 23.6 Å². The second kappa shape index (κ2) is 10.7. The first-order chi connectivity index (χ1) is 11.5. The Hall–Kier alpha value is -1.25. The molecule has 0 saturated heterocycles. The van der Waals surface area contributed by atoms with Gasteiger partial charge in [0.1, 0.15) is 0 Å². The van der Waals surface area contributed by atoms with E-state index in [0.29, 0.717) is 5.71 Å². The minimum absolute atomic E-state index is 0.0803. The predicted molar refractivity (Wildman–Crippen MR) is 104 cm³/mol. The number of likely N-dealkylation sites (N-methyl/N-ethyl adjacent to an activating group) is 1. The van der Waals surface area contributed by atoms with Gasteiger partial charge in [-0.2, -0.15) is 12.8 Å². The Morgan fingerprint density at radius 3 is 2.12 bits per heavy atom. The van der Waals surface area contributed by atoms with Gasteiger partial charge < -0.3 is 5.32 Å². The average Bonchev–Trinajstić information content (AvgIpc) is 2.50. The standard InChI is InChI=1S/C17H34N4O3S/c1-8-11-15(21(9-2)10-3)16(19-17(22)12(4)5)13(6)14(7)20-25(18,23)24/h8,11-13,15-16H,9-10H2,1-7H3,(H,19,22)(H2,18,23,24). The van der Waals surface area contributed by atoms with Crippen molar-refractivity contribution in [3.8, 4) is 0 Å². The lowest BCUT2D eigenvalue weighted by Crippen LogP contribution is -2.56. The van der Waals surface area contributed by atoms with Crippen molar-refractivity contribution < 1.29 is 13.2 Å². The maximum Gasteiger partial charge on any atom is 0.317 e. The lowest BCUT2D eigenvalue weighted by Gasteiger charge is -2.38. The number of nitrogens with zero attached hydrogens (tertiary/aromatic N) is 2. The molecule has 0 aromatic heterocycles. The SMILES string of the molecule is CC=CC(C(NC(=O)C(C)C)C(C)C(C)=NS(N)(=O)=O)N(CC)CC. The van der Waals surface area contributed by atoms with Crippen LogP contribution in [0.4, 0.5) is 0 Å². The van der Waals surface area contributed by atoms with Crippen LogP contribution in [0.2, 0.25) is 0 Å².